The van der Waals surface area contributed by atoms with Gasteiger partial charge in [0.25, 0.3) is 0 Å². The Bertz CT molecular complexity index is 1230. The molecule has 9 heteroatoms. The largest absolute Gasteiger partial charge is 0.495 e. The number of carbonyl (C=O) groups is 1. The van der Waals surface area contributed by atoms with Crippen LogP contribution in [-0.2, 0) is 12.8 Å². The van der Waals surface area contributed by atoms with Crippen LogP contribution in [0.3, 0.4) is 0 Å². The highest BCUT2D eigenvalue weighted by Crippen LogP contribution is 2.34. The van der Waals surface area contributed by atoms with E-state index in [4.69, 9.17) is 16.3 Å². The number of hydrogen-bond acceptors (Lipinski definition) is 7. The van der Waals surface area contributed by atoms with E-state index in [1.807, 2.05) is 12.1 Å². The van der Waals surface area contributed by atoms with Crippen LogP contribution >= 0.6 is 11.6 Å². The van der Waals surface area contributed by atoms with Crippen LogP contribution in [0.15, 0.2) is 42.7 Å². The molecule has 0 amide bonds. The predicted molar refractivity (Wildman–Crippen MR) is 146 cm³/mol. The Labute approximate surface area is 222 Å². The second-order valence-electron chi connectivity index (χ2n) is 9.47. The third-order valence-electron chi connectivity index (χ3n) is 6.51. The number of aromatic nitrogens is 2. The first kappa shape index (κ1) is 26.8. The van der Waals surface area contributed by atoms with Crippen molar-refractivity contribution in [2.45, 2.75) is 52.1 Å². The van der Waals surface area contributed by atoms with Gasteiger partial charge in [-0.05, 0) is 62.6 Å². The summed E-state index contributed by atoms with van der Waals surface area (Å²) >= 11 is 6.37. The zero-order chi connectivity index (χ0) is 26.5. The molecule has 37 heavy (non-hydrogen) atoms. The molecule has 1 saturated heterocycles. The maximum absolute atomic E-state index is 15.1. The molecule has 0 bridgehead atoms. The topological polar surface area (TPSA) is 79.4 Å². The van der Waals surface area contributed by atoms with E-state index in [1.54, 1.807) is 19.3 Å². The van der Waals surface area contributed by atoms with Crippen LogP contribution in [0.4, 0.5) is 21.7 Å². The molecule has 2 heterocycles. The zero-order valence-electron chi connectivity index (χ0n) is 21.6. The molecule has 1 aliphatic heterocycles. The lowest BCUT2D eigenvalue weighted by molar-refractivity contribution is 0.0983. The molecule has 0 radical (unpaired) electrons. The van der Waals surface area contributed by atoms with E-state index in [2.05, 4.69) is 51.5 Å². The number of piperazine rings is 1. The van der Waals surface area contributed by atoms with Crippen LogP contribution in [0.5, 0.6) is 5.75 Å². The van der Waals surface area contributed by atoms with Gasteiger partial charge in [0, 0.05) is 60.9 Å². The number of methoxy groups -OCH3 is 1. The molecule has 7 nitrogen and oxygen atoms in total. The van der Waals surface area contributed by atoms with Crippen LogP contribution < -0.4 is 20.3 Å². The van der Waals surface area contributed by atoms with E-state index in [-0.39, 0.29) is 40.5 Å². The lowest BCUT2D eigenvalue weighted by Gasteiger charge is -2.37. The van der Waals surface area contributed by atoms with Gasteiger partial charge in [0.15, 0.2) is 5.78 Å². The number of nitrogens with zero attached hydrogens (tertiary/aromatic N) is 3. The summed E-state index contributed by atoms with van der Waals surface area (Å²) in [6.07, 6.45) is 4.35. The molecule has 3 aromatic rings. The van der Waals surface area contributed by atoms with Crippen molar-refractivity contribution < 1.29 is 13.9 Å². The molecule has 1 aliphatic rings. The maximum atomic E-state index is 15.1. The summed E-state index contributed by atoms with van der Waals surface area (Å²) in [6.45, 7) is 8.04. The van der Waals surface area contributed by atoms with Crippen molar-refractivity contribution in [1.29, 1.82) is 0 Å². The first-order chi connectivity index (χ1) is 17.8. The normalized spacial score (nSPS) is 17.5. The van der Waals surface area contributed by atoms with E-state index in [9.17, 15) is 4.79 Å². The van der Waals surface area contributed by atoms with Crippen molar-refractivity contribution in [3.05, 3.63) is 70.3 Å². The summed E-state index contributed by atoms with van der Waals surface area (Å²) in [6, 6.07) is 10.5. The Hall–Kier alpha value is -3.23. The smallest absolute Gasteiger partial charge is 0.227 e. The van der Waals surface area contributed by atoms with Crippen molar-refractivity contribution in [2.24, 2.45) is 0 Å². The fourth-order valence-corrected chi connectivity index (χ4v) is 4.98. The Morgan fingerprint density at radius 3 is 2.41 bits per heavy atom. The lowest BCUT2D eigenvalue weighted by atomic mass is 9.99. The average Bonchev–Trinajstić information content (AvgIpc) is 2.89. The number of hydrogen-bond donors (Lipinski definition) is 2. The molecule has 2 aromatic carbocycles. The monoisotopic (exact) mass is 525 g/mol. The number of ether oxygens (including phenoxy) is 1. The lowest BCUT2D eigenvalue weighted by Crippen LogP contribution is -2.54. The first-order valence-electron chi connectivity index (χ1n) is 12.6. The predicted octanol–water partition coefficient (Wildman–Crippen LogP) is 5.59. The van der Waals surface area contributed by atoms with Gasteiger partial charge in [-0.25, -0.2) is 14.4 Å². The van der Waals surface area contributed by atoms with Crippen molar-refractivity contribution in [1.82, 2.24) is 15.3 Å². The number of anilines is 3. The minimum atomic E-state index is -0.593. The molecular weight excluding hydrogens is 493 g/mol. The second-order valence-corrected chi connectivity index (χ2v) is 9.85. The Balaban J connectivity index is 1.40. The van der Waals surface area contributed by atoms with Crippen molar-refractivity contribution in [2.75, 3.05) is 30.4 Å². The number of rotatable bonds is 9. The highest BCUT2D eigenvalue weighted by Gasteiger charge is 2.22. The van der Waals surface area contributed by atoms with Crippen molar-refractivity contribution in [3.63, 3.8) is 0 Å². The number of halogens is 2. The average molecular weight is 526 g/mol. The van der Waals surface area contributed by atoms with Gasteiger partial charge in [-0.15, -0.1) is 0 Å². The van der Waals surface area contributed by atoms with E-state index < -0.39 is 5.82 Å². The van der Waals surface area contributed by atoms with Gasteiger partial charge < -0.3 is 20.3 Å². The minimum absolute atomic E-state index is 0.00143. The van der Waals surface area contributed by atoms with Crippen molar-refractivity contribution >= 4 is 34.7 Å². The molecule has 0 spiro atoms. The van der Waals surface area contributed by atoms with Crippen LogP contribution in [0.2, 0.25) is 5.02 Å². The Kier molecular flexibility index (Phi) is 8.61. The molecular formula is C28H33ClFN5O2. The van der Waals surface area contributed by atoms with Gasteiger partial charge in [0.05, 0.1) is 17.7 Å². The molecule has 0 saturated carbocycles. The summed E-state index contributed by atoms with van der Waals surface area (Å²) in [7, 11) is 1.45. The van der Waals surface area contributed by atoms with Crippen LogP contribution in [0.1, 0.15) is 48.7 Å². The van der Waals surface area contributed by atoms with Gasteiger partial charge in [-0.1, -0.05) is 18.5 Å². The fourth-order valence-electron chi connectivity index (χ4n) is 4.67. The summed E-state index contributed by atoms with van der Waals surface area (Å²) in [4.78, 5) is 23.4. The summed E-state index contributed by atoms with van der Waals surface area (Å²) in [5.41, 5.74) is 3.17. The van der Waals surface area contributed by atoms with Crippen molar-refractivity contribution in [3.8, 4) is 5.75 Å². The fraction of sp³-hybridized carbons (Fsp3) is 0.393. The van der Waals surface area contributed by atoms with Crippen LogP contribution in [0.25, 0.3) is 0 Å². The Morgan fingerprint density at radius 2 is 1.81 bits per heavy atom. The van der Waals surface area contributed by atoms with Gasteiger partial charge in [-0.3, -0.25) is 4.79 Å². The molecule has 0 aliphatic carbocycles. The van der Waals surface area contributed by atoms with E-state index in [0.29, 0.717) is 24.5 Å². The highest BCUT2D eigenvalue weighted by atomic mass is 35.5. The summed E-state index contributed by atoms with van der Waals surface area (Å²) in [5, 5.41) is 6.96. The van der Waals surface area contributed by atoms with Gasteiger partial charge in [0.1, 0.15) is 11.6 Å². The van der Waals surface area contributed by atoms with Gasteiger partial charge in [-0.2, -0.15) is 0 Å². The maximum Gasteiger partial charge on any atom is 0.227 e. The number of Topliss-reactive ketones (excluding diaryl/α,β-unsaturated/α-hetero) is 1. The number of aryl methyl sites for hydroxylation is 1. The van der Waals surface area contributed by atoms with Gasteiger partial charge >= 0.3 is 0 Å². The molecule has 2 atom stereocenters. The van der Waals surface area contributed by atoms with Crippen LogP contribution in [0, 0.1) is 5.82 Å². The zero-order valence-corrected chi connectivity index (χ0v) is 22.4. The third kappa shape index (κ3) is 6.37. The molecule has 1 aromatic heterocycles. The summed E-state index contributed by atoms with van der Waals surface area (Å²) in [5.74, 6) is -0.123. The second kappa shape index (κ2) is 11.9. The molecule has 4 rings (SSSR count). The highest BCUT2D eigenvalue weighted by molar-refractivity contribution is 6.33. The standard InChI is InChI=1S/C28H33ClFN5O2/c1-5-24(36)23-12-25(37-4)26(29)22(27(23)30)11-6-19-13-31-28(32-14-19)34-20-7-9-21(10-8-20)35-15-17(2)33-18(3)16-35/h7-10,12-14,17-18,33H,5-6,11,15-16H2,1-4H3,(H,31,32,34)/t17-,18+. The van der Waals surface area contributed by atoms with E-state index in [0.717, 1.165) is 24.3 Å². The SMILES string of the molecule is CCC(=O)c1cc(OC)c(Cl)c(CCc2cnc(Nc3ccc(N4C[C@@H](C)N[C@@H](C)C4)cc3)nc2)c1F. The van der Waals surface area contributed by atoms with Crippen LogP contribution in [-0.4, -0.2) is 48.0 Å². The molecule has 1 fully saturated rings. The quantitative estimate of drug-likeness (QED) is 0.353. The number of carbonyl (C=O) groups excluding carboxylic acids is 1. The number of nitrogens with one attached hydrogen (secondary N) is 2. The molecule has 0 unspecified atom stereocenters. The number of benzene rings is 2. The molecule has 2 N–H and O–H groups in total. The van der Waals surface area contributed by atoms with E-state index >= 15 is 4.39 Å². The van der Waals surface area contributed by atoms with E-state index in [1.165, 1.54) is 18.9 Å². The first-order valence-corrected chi connectivity index (χ1v) is 12.9. The minimum Gasteiger partial charge on any atom is -0.495 e. The van der Waals surface area contributed by atoms with Gasteiger partial charge in [0.2, 0.25) is 5.95 Å². The summed E-state index contributed by atoms with van der Waals surface area (Å²) < 4.78 is 20.3. The third-order valence-corrected chi connectivity index (χ3v) is 6.93. The number of ketones is 1. The molecule has 196 valence electrons. The Morgan fingerprint density at radius 1 is 1.16 bits per heavy atom.